The minimum Gasteiger partial charge on any atom is -0.480 e. The van der Waals surface area contributed by atoms with Crippen molar-refractivity contribution in [3.63, 3.8) is 0 Å². The van der Waals surface area contributed by atoms with E-state index in [1.54, 1.807) is 18.2 Å². The summed E-state index contributed by atoms with van der Waals surface area (Å²) in [5.41, 5.74) is 0.651. The van der Waals surface area contributed by atoms with Gasteiger partial charge in [-0.1, -0.05) is 6.07 Å². The van der Waals surface area contributed by atoms with Crippen LogP contribution in [-0.4, -0.2) is 35.0 Å². The molecule has 2 N–H and O–H groups in total. The molecule has 0 heterocycles. The summed E-state index contributed by atoms with van der Waals surface area (Å²) in [6.45, 7) is 0. The molecule has 1 aromatic carbocycles. The molecular weight excluding hydrogens is 264 g/mol. The van der Waals surface area contributed by atoms with Gasteiger partial charge in [-0.25, -0.2) is 4.79 Å². The Labute approximate surface area is 115 Å². The molecule has 0 radical (unpaired) electrons. The highest BCUT2D eigenvalue weighted by atomic mass is 32.2. The predicted molar refractivity (Wildman–Crippen MR) is 73.0 cm³/mol. The summed E-state index contributed by atoms with van der Waals surface area (Å²) in [5.74, 6) is -0.889. The Morgan fingerprint density at radius 3 is 2.84 bits per heavy atom. The summed E-state index contributed by atoms with van der Waals surface area (Å²) in [7, 11) is 0. The largest absolute Gasteiger partial charge is 0.480 e. The lowest BCUT2D eigenvalue weighted by molar-refractivity contribution is -0.139. The van der Waals surface area contributed by atoms with Crippen molar-refractivity contribution in [1.29, 1.82) is 5.26 Å². The van der Waals surface area contributed by atoms with E-state index in [2.05, 4.69) is 5.32 Å². The summed E-state index contributed by atoms with van der Waals surface area (Å²) in [6.07, 6.45) is 2.23. The molecular formula is C13H14N2O3S. The molecule has 1 aromatic rings. The number of aliphatic carboxylic acids is 1. The number of nitrogens with one attached hydrogen (secondary N) is 1. The monoisotopic (exact) mass is 278 g/mol. The third kappa shape index (κ3) is 4.64. The summed E-state index contributed by atoms with van der Waals surface area (Å²) in [5, 5.41) is 20.2. The third-order valence-electron chi connectivity index (χ3n) is 2.47. The van der Waals surface area contributed by atoms with Crippen LogP contribution in [0.1, 0.15) is 22.3 Å². The maximum absolute atomic E-state index is 11.9. The topological polar surface area (TPSA) is 90.2 Å². The normalized spacial score (nSPS) is 11.4. The number of carboxylic acid groups (broad SMARTS) is 1. The second-order valence-electron chi connectivity index (χ2n) is 3.84. The molecule has 19 heavy (non-hydrogen) atoms. The van der Waals surface area contributed by atoms with Gasteiger partial charge in [-0.05, 0) is 36.6 Å². The highest BCUT2D eigenvalue weighted by Gasteiger charge is 2.20. The molecule has 0 bridgehead atoms. The van der Waals surface area contributed by atoms with Gasteiger partial charge in [0.15, 0.2) is 0 Å². The first kappa shape index (κ1) is 15.1. The smallest absolute Gasteiger partial charge is 0.326 e. The van der Waals surface area contributed by atoms with Crippen LogP contribution in [0.4, 0.5) is 0 Å². The number of carboxylic acids is 1. The first-order valence-corrected chi connectivity index (χ1v) is 7.00. The summed E-state index contributed by atoms with van der Waals surface area (Å²) in [6, 6.07) is 7.17. The number of hydrogen-bond donors (Lipinski definition) is 2. The standard InChI is InChI=1S/C13H14N2O3S/c1-19-6-5-11(13(17)18)15-12(16)10-4-2-3-9(7-10)8-14/h2-4,7,11H,5-6H2,1H3,(H,15,16)(H,17,18). The average molecular weight is 278 g/mol. The molecule has 100 valence electrons. The van der Waals surface area contributed by atoms with Crippen LogP contribution in [0.25, 0.3) is 0 Å². The van der Waals surface area contributed by atoms with Crippen LogP contribution in [0.15, 0.2) is 24.3 Å². The molecule has 1 atom stereocenters. The van der Waals surface area contributed by atoms with Gasteiger partial charge in [0.25, 0.3) is 5.91 Å². The maximum Gasteiger partial charge on any atom is 0.326 e. The van der Waals surface area contributed by atoms with Crippen LogP contribution in [0.2, 0.25) is 0 Å². The molecule has 0 saturated heterocycles. The lowest BCUT2D eigenvalue weighted by Crippen LogP contribution is -2.41. The SMILES string of the molecule is CSCCC(NC(=O)c1cccc(C#N)c1)C(=O)O. The molecule has 1 amide bonds. The minimum absolute atomic E-state index is 0.287. The molecule has 0 saturated carbocycles. The van der Waals surface area contributed by atoms with Crippen molar-refractivity contribution in [2.45, 2.75) is 12.5 Å². The fourth-order valence-corrected chi connectivity index (χ4v) is 1.94. The zero-order valence-electron chi connectivity index (χ0n) is 10.4. The van der Waals surface area contributed by atoms with Gasteiger partial charge in [-0.2, -0.15) is 17.0 Å². The van der Waals surface area contributed by atoms with E-state index in [1.165, 1.54) is 17.8 Å². The first-order valence-electron chi connectivity index (χ1n) is 5.61. The number of nitriles is 1. The second-order valence-corrected chi connectivity index (χ2v) is 4.82. The molecule has 0 aliphatic heterocycles. The van der Waals surface area contributed by atoms with Gasteiger partial charge < -0.3 is 10.4 Å². The maximum atomic E-state index is 11.9. The van der Waals surface area contributed by atoms with E-state index in [1.807, 2.05) is 12.3 Å². The molecule has 1 rings (SSSR count). The van der Waals surface area contributed by atoms with Crippen LogP contribution in [0.3, 0.4) is 0 Å². The van der Waals surface area contributed by atoms with Crippen LogP contribution < -0.4 is 5.32 Å². The van der Waals surface area contributed by atoms with Crippen LogP contribution in [-0.2, 0) is 4.79 Å². The number of carbonyl (C=O) groups excluding carboxylic acids is 1. The van der Waals surface area contributed by atoms with Gasteiger partial charge in [0.2, 0.25) is 0 Å². The Morgan fingerprint density at radius 1 is 1.53 bits per heavy atom. The molecule has 0 aromatic heterocycles. The second kappa shape index (κ2) is 7.44. The van der Waals surface area contributed by atoms with Crippen molar-refractivity contribution >= 4 is 23.6 Å². The van der Waals surface area contributed by atoms with E-state index < -0.39 is 17.9 Å². The Hall–Kier alpha value is -2.00. The molecule has 0 aliphatic carbocycles. The molecule has 1 unspecified atom stereocenters. The molecule has 5 nitrogen and oxygen atoms in total. The summed E-state index contributed by atoms with van der Waals surface area (Å²) >= 11 is 1.52. The number of hydrogen-bond acceptors (Lipinski definition) is 4. The lowest BCUT2D eigenvalue weighted by atomic mass is 10.1. The zero-order valence-corrected chi connectivity index (χ0v) is 11.2. The number of amides is 1. The first-order chi connectivity index (χ1) is 9.08. The van der Waals surface area contributed by atoms with Gasteiger partial charge in [0.1, 0.15) is 6.04 Å². The fraction of sp³-hybridized carbons (Fsp3) is 0.308. The van der Waals surface area contributed by atoms with Crippen LogP contribution >= 0.6 is 11.8 Å². The zero-order chi connectivity index (χ0) is 14.3. The van der Waals surface area contributed by atoms with E-state index in [9.17, 15) is 9.59 Å². The van der Waals surface area contributed by atoms with E-state index >= 15 is 0 Å². The fourth-order valence-electron chi connectivity index (χ4n) is 1.46. The Kier molecular flexibility index (Phi) is 5.90. The van der Waals surface area contributed by atoms with Crippen molar-refractivity contribution < 1.29 is 14.7 Å². The van der Waals surface area contributed by atoms with Gasteiger partial charge in [-0.3, -0.25) is 4.79 Å². The summed E-state index contributed by atoms with van der Waals surface area (Å²) in [4.78, 5) is 22.9. The average Bonchev–Trinajstić information content (AvgIpc) is 2.42. The van der Waals surface area contributed by atoms with Crippen molar-refractivity contribution in [3.8, 4) is 6.07 Å². The van der Waals surface area contributed by atoms with Crippen molar-refractivity contribution in [2.75, 3.05) is 12.0 Å². The third-order valence-corrected chi connectivity index (χ3v) is 3.11. The Morgan fingerprint density at radius 2 is 2.26 bits per heavy atom. The number of thioether (sulfide) groups is 1. The van der Waals surface area contributed by atoms with Crippen molar-refractivity contribution in [2.24, 2.45) is 0 Å². The van der Waals surface area contributed by atoms with Crippen molar-refractivity contribution in [3.05, 3.63) is 35.4 Å². The molecule has 0 fully saturated rings. The lowest BCUT2D eigenvalue weighted by Gasteiger charge is -2.13. The Balaban J connectivity index is 2.76. The summed E-state index contributed by atoms with van der Waals surface area (Å²) < 4.78 is 0. The number of benzene rings is 1. The molecule has 0 aliphatic rings. The number of rotatable bonds is 6. The van der Waals surface area contributed by atoms with Gasteiger partial charge in [0.05, 0.1) is 11.6 Å². The van der Waals surface area contributed by atoms with E-state index in [0.29, 0.717) is 17.7 Å². The van der Waals surface area contributed by atoms with Crippen LogP contribution in [0, 0.1) is 11.3 Å². The molecule has 0 spiro atoms. The van der Waals surface area contributed by atoms with Crippen molar-refractivity contribution in [1.82, 2.24) is 5.32 Å². The van der Waals surface area contributed by atoms with Crippen LogP contribution in [0.5, 0.6) is 0 Å². The molecule has 6 heteroatoms. The van der Waals surface area contributed by atoms with E-state index in [-0.39, 0.29) is 5.56 Å². The van der Waals surface area contributed by atoms with Gasteiger partial charge >= 0.3 is 5.97 Å². The van der Waals surface area contributed by atoms with E-state index in [4.69, 9.17) is 10.4 Å². The number of carbonyl (C=O) groups is 2. The number of nitrogens with zero attached hydrogens (tertiary/aromatic N) is 1. The van der Waals surface area contributed by atoms with Gasteiger partial charge in [-0.15, -0.1) is 0 Å². The highest BCUT2D eigenvalue weighted by molar-refractivity contribution is 7.98. The highest BCUT2D eigenvalue weighted by Crippen LogP contribution is 2.06. The van der Waals surface area contributed by atoms with E-state index in [0.717, 1.165) is 0 Å². The van der Waals surface area contributed by atoms with Gasteiger partial charge in [0, 0.05) is 5.56 Å². The quantitative estimate of drug-likeness (QED) is 0.823. The minimum atomic E-state index is -1.06. The Bertz CT molecular complexity index is 511. The predicted octanol–water partition coefficient (Wildman–Crippen LogP) is 1.49.